The Hall–Kier alpha value is -0.0700. The fourth-order valence-corrected chi connectivity index (χ4v) is 4.71. The molecule has 2 aromatic rings. The third-order valence-electron chi connectivity index (χ3n) is 3.04. The first-order valence-electron chi connectivity index (χ1n) is 5.67. The normalized spacial score (nSPS) is 14.9. The SMILES string of the molecule is CCCN1CCc2c(sc3sc(N)nc23)C1.Cl.Cl. The standard InChI is InChI=1S/C11H15N3S2.2ClH/c1-2-4-14-5-3-7-8(6-14)15-10-9(7)13-11(12)16-10;;/h2-6H2,1H3,(H2,12,13);2*1H. The molecule has 3 heterocycles. The zero-order valence-corrected chi connectivity index (χ0v) is 13.4. The van der Waals surface area contributed by atoms with Gasteiger partial charge in [0.25, 0.3) is 0 Å². The third kappa shape index (κ3) is 2.75. The monoisotopic (exact) mass is 325 g/mol. The molecule has 0 spiro atoms. The molecule has 0 fully saturated rings. The van der Waals surface area contributed by atoms with Crippen LogP contribution in [0.5, 0.6) is 0 Å². The van der Waals surface area contributed by atoms with Crippen LogP contribution in [0.3, 0.4) is 0 Å². The number of halogens is 2. The van der Waals surface area contributed by atoms with E-state index in [9.17, 15) is 0 Å². The number of thiazole rings is 1. The van der Waals surface area contributed by atoms with Crippen molar-refractivity contribution in [3.8, 4) is 0 Å². The number of hydrogen-bond acceptors (Lipinski definition) is 5. The lowest BCUT2D eigenvalue weighted by Crippen LogP contribution is -2.30. The number of rotatable bonds is 2. The highest BCUT2D eigenvalue weighted by Gasteiger charge is 2.22. The predicted octanol–water partition coefficient (Wildman–Crippen LogP) is 3.55. The van der Waals surface area contributed by atoms with Crippen LogP contribution >= 0.6 is 47.5 Å². The van der Waals surface area contributed by atoms with Crippen molar-refractivity contribution in [3.05, 3.63) is 10.4 Å². The summed E-state index contributed by atoms with van der Waals surface area (Å²) >= 11 is 3.51. The Balaban J connectivity index is 0.000000810. The summed E-state index contributed by atoms with van der Waals surface area (Å²) in [4.78, 5) is 8.49. The number of aromatic nitrogens is 1. The van der Waals surface area contributed by atoms with Gasteiger partial charge in [-0.25, -0.2) is 4.98 Å². The van der Waals surface area contributed by atoms with E-state index in [0.717, 1.165) is 13.0 Å². The lowest BCUT2D eigenvalue weighted by atomic mass is 10.1. The first kappa shape index (κ1) is 16.0. The van der Waals surface area contributed by atoms with E-state index in [2.05, 4.69) is 16.8 Å². The van der Waals surface area contributed by atoms with Crippen LogP contribution in [0.2, 0.25) is 0 Å². The summed E-state index contributed by atoms with van der Waals surface area (Å²) in [7, 11) is 0. The summed E-state index contributed by atoms with van der Waals surface area (Å²) in [5, 5.41) is 0.708. The van der Waals surface area contributed by atoms with Gasteiger partial charge in [0.2, 0.25) is 0 Å². The molecule has 0 unspecified atom stereocenters. The van der Waals surface area contributed by atoms with Gasteiger partial charge in [-0.15, -0.1) is 36.2 Å². The topological polar surface area (TPSA) is 42.1 Å². The van der Waals surface area contributed by atoms with Crippen LogP contribution < -0.4 is 5.73 Å². The molecule has 0 atom stereocenters. The molecule has 2 aromatic heterocycles. The maximum absolute atomic E-state index is 5.75. The van der Waals surface area contributed by atoms with Gasteiger partial charge in [0.05, 0.1) is 5.52 Å². The Morgan fingerprint density at radius 2 is 2.11 bits per heavy atom. The van der Waals surface area contributed by atoms with Gasteiger partial charge in [0, 0.05) is 18.0 Å². The van der Waals surface area contributed by atoms with E-state index >= 15 is 0 Å². The Morgan fingerprint density at radius 3 is 2.83 bits per heavy atom. The van der Waals surface area contributed by atoms with Crippen LogP contribution in [0.4, 0.5) is 5.13 Å². The Bertz CT molecular complexity index is 524. The van der Waals surface area contributed by atoms with Gasteiger partial charge in [0.15, 0.2) is 5.13 Å². The lowest BCUT2D eigenvalue weighted by molar-refractivity contribution is 0.258. The molecule has 7 heteroatoms. The van der Waals surface area contributed by atoms with Gasteiger partial charge >= 0.3 is 0 Å². The number of thiophene rings is 1. The summed E-state index contributed by atoms with van der Waals surface area (Å²) in [6, 6.07) is 0. The number of nitrogen functional groups attached to an aromatic ring is 1. The number of nitrogens with zero attached hydrogens (tertiary/aromatic N) is 2. The van der Waals surface area contributed by atoms with Crippen molar-refractivity contribution in [3.63, 3.8) is 0 Å². The molecule has 3 rings (SSSR count). The second-order valence-corrected chi connectivity index (χ2v) is 6.61. The van der Waals surface area contributed by atoms with Gasteiger partial charge in [0.1, 0.15) is 4.01 Å². The maximum atomic E-state index is 5.75. The summed E-state index contributed by atoms with van der Waals surface area (Å²) in [6.45, 7) is 5.73. The maximum Gasteiger partial charge on any atom is 0.181 e. The molecule has 18 heavy (non-hydrogen) atoms. The zero-order chi connectivity index (χ0) is 11.1. The minimum Gasteiger partial charge on any atom is -0.375 e. The highest BCUT2D eigenvalue weighted by molar-refractivity contribution is 7.39. The van der Waals surface area contributed by atoms with E-state index in [0.29, 0.717) is 5.13 Å². The molecule has 0 bridgehead atoms. The molecular weight excluding hydrogens is 309 g/mol. The molecule has 0 aromatic carbocycles. The van der Waals surface area contributed by atoms with Crippen molar-refractivity contribution >= 4 is 62.1 Å². The second-order valence-electron chi connectivity index (χ2n) is 4.22. The molecule has 1 aliphatic heterocycles. The fourth-order valence-electron chi connectivity index (χ4n) is 2.33. The smallest absolute Gasteiger partial charge is 0.181 e. The highest BCUT2D eigenvalue weighted by atomic mass is 35.5. The van der Waals surface area contributed by atoms with E-state index < -0.39 is 0 Å². The zero-order valence-electron chi connectivity index (χ0n) is 10.1. The van der Waals surface area contributed by atoms with E-state index in [1.54, 1.807) is 11.3 Å². The van der Waals surface area contributed by atoms with Crippen molar-refractivity contribution in [2.24, 2.45) is 0 Å². The van der Waals surface area contributed by atoms with Gasteiger partial charge < -0.3 is 5.73 Å². The molecule has 102 valence electrons. The molecule has 3 nitrogen and oxygen atoms in total. The molecule has 0 amide bonds. The van der Waals surface area contributed by atoms with E-state index in [-0.39, 0.29) is 24.8 Å². The first-order chi connectivity index (χ1) is 7.78. The van der Waals surface area contributed by atoms with Crippen LogP contribution in [0.15, 0.2) is 0 Å². The third-order valence-corrected chi connectivity index (χ3v) is 5.22. The van der Waals surface area contributed by atoms with Gasteiger partial charge in [-0.1, -0.05) is 18.3 Å². The highest BCUT2D eigenvalue weighted by Crippen LogP contribution is 2.38. The fraction of sp³-hybridized carbons (Fsp3) is 0.545. The average Bonchev–Trinajstić information content (AvgIpc) is 2.73. The number of hydrogen-bond donors (Lipinski definition) is 1. The van der Waals surface area contributed by atoms with E-state index in [1.807, 2.05) is 11.3 Å². The summed E-state index contributed by atoms with van der Waals surface area (Å²) in [6.07, 6.45) is 2.37. The number of fused-ring (bicyclic) bond motifs is 3. The van der Waals surface area contributed by atoms with Crippen LogP contribution in [0, 0.1) is 0 Å². The van der Waals surface area contributed by atoms with Gasteiger partial charge in [-0.05, 0) is 24.9 Å². The molecule has 0 saturated heterocycles. The first-order valence-corrected chi connectivity index (χ1v) is 7.30. The Labute approximate surface area is 127 Å². The van der Waals surface area contributed by atoms with Gasteiger partial charge in [-0.3, -0.25) is 4.90 Å². The summed E-state index contributed by atoms with van der Waals surface area (Å²) in [5.74, 6) is 0. The van der Waals surface area contributed by atoms with Crippen molar-refractivity contribution in [2.75, 3.05) is 18.8 Å². The summed E-state index contributed by atoms with van der Waals surface area (Å²) in [5.41, 5.74) is 8.38. The van der Waals surface area contributed by atoms with Crippen molar-refractivity contribution in [1.82, 2.24) is 9.88 Å². The Kier molecular flexibility index (Phi) is 5.67. The number of nitrogens with two attached hydrogens (primary N) is 1. The van der Waals surface area contributed by atoms with Crippen LogP contribution in [0.25, 0.3) is 9.53 Å². The Morgan fingerprint density at radius 1 is 1.33 bits per heavy atom. The minimum absolute atomic E-state index is 0. The van der Waals surface area contributed by atoms with Crippen LogP contribution in [0.1, 0.15) is 23.8 Å². The van der Waals surface area contributed by atoms with Gasteiger partial charge in [-0.2, -0.15) is 0 Å². The van der Waals surface area contributed by atoms with Crippen molar-refractivity contribution < 1.29 is 0 Å². The largest absolute Gasteiger partial charge is 0.375 e. The molecule has 1 aliphatic rings. The molecule has 2 N–H and O–H groups in total. The molecule has 0 radical (unpaired) electrons. The summed E-state index contributed by atoms with van der Waals surface area (Å²) < 4.78 is 1.31. The van der Waals surface area contributed by atoms with Crippen LogP contribution in [-0.4, -0.2) is 23.0 Å². The average molecular weight is 326 g/mol. The number of anilines is 1. The molecule has 0 aliphatic carbocycles. The second kappa shape index (κ2) is 6.39. The van der Waals surface area contributed by atoms with Crippen LogP contribution in [-0.2, 0) is 13.0 Å². The van der Waals surface area contributed by atoms with Crippen molar-refractivity contribution in [1.29, 1.82) is 0 Å². The minimum atomic E-state index is 0. The molecule has 0 saturated carbocycles. The predicted molar refractivity (Wildman–Crippen MR) is 85.7 cm³/mol. The van der Waals surface area contributed by atoms with Crippen molar-refractivity contribution in [2.45, 2.75) is 26.3 Å². The molecular formula is C11H17Cl2N3S2. The lowest BCUT2D eigenvalue weighted by Gasteiger charge is -2.25. The quantitative estimate of drug-likeness (QED) is 0.918. The van der Waals surface area contributed by atoms with E-state index in [1.165, 1.54) is 39.5 Å². The van der Waals surface area contributed by atoms with E-state index in [4.69, 9.17) is 5.73 Å².